The van der Waals surface area contributed by atoms with Crippen LogP contribution in [0.3, 0.4) is 0 Å². The lowest BCUT2D eigenvalue weighted by atomic mass is 10.2. The second kappa shape index (κ2) is 4.63. The van der Waals surface area contributed by atoms with Crippen LogP contribution in [0.2, 0.25) is 0 Å². The molecule has 5 nitrogen and oxygen atoms in total. The van der Waals surface area contributed by atoms with Crippen LogP contribution in [0.25, 0.3) is 0 Å². The van der Waals surface area contributed by atoms with E-state index in [0.717, 1.165) is 0 Å². The normalized spacial score (nSPS) is 9.80. The third kappa shape index (κ3) is 2.18. The molecule has 2 N–H and O–H groups in total. The number of carbonyl (C=O) groups excluding carboxylic acids is 1. The van der Waals surface area contributed by atoms with Crippen LogP contribution in [-0.4, -0.2) is 36.5 Å². The summed E-state index contributed by atoms with van der Waals surface area (Å²) in [6, 6.07) is 1.60. The van der Waals surface area contributed by atoms with Crippen LogP contribution in [-0.2, 0) is 0 Å². The van der Waals surface area contributed by atoms with E-state index in [-0.39, 0.29) is 11.6 Å². The lowest BCUT2D eigenvalue weighted by Gasteiger charge is -2.16. The zero-order chi connectivity index (χ0) is 11.4. The van der Waals surface area contributed by atoms with Crippen molar-refractivity contribution in [1.29, 1.82) is 0 Å². The number of ether oxygens (including phenoxy) is 1. The fraction of sp³-hybridized carbons (Fsp3) is 0.400. The summed E-state index contributed by atoms with van der Waals surface area (Å²) >= 11 is 0. The standard InChI is InChI=1S/C10H15N3O2/c1-4-13(2)10(14)8-9(15-3)7(11)5-6-12-8/h5-6H,4H2,1-3H3,(H2,11,12). The predicted molar refractivity (Wildman–Crippen MR) is 57.8 cm³/mol. The van der Waals surface area contributed by atoms with Crippen LogP contribution in [0.4, 0.5) is 5.69 Å². The number of pyridine rings is 1. The van der Waals surface area contributed by atoms with Crippen molar-refractivity contribution in [3.05, 3.63) is 18.0 Å². The number of hydrogen-bond donors (Lipinski definition) is 1. The van der Waals surface area contributed by atoms with Gasteiger partial charge >= 0.3 is 0 Å². The zero-order valence-corrected chi connectivity index (χ0v) is 9.15. The van der Waals surface area contributed by atoms with E-state index in [2.05, 4.69) is 4.98 Å². The summed E-state index contributed by atoms with van der Waals surface area (Å²) in [5.41, 5.74) is 6.34. The Balaban J connectivity index is 3.13. The number of amides is 1. The summed E-state index contributed by atoms with van der Waals surface area (Å²) in [5.74, 6) is 0.143. The van der Waals surface area contributed by atoms with E-state index in [1.165, 1.54) is 13.3 Å². The van der Waals surface area contributed by atoms with Crippen molar-refractivity contribution in [2.45, 2.75) is 6.92 Å². The number of aromatic nitrogens is 1. The van der Waals surface area contributed by atoms with Crippen LogP contribution in [0.15, 0.2) is 12.3 Å². The molecular formula is C10H15N3O2. The van der Waals surface area contributed by atoms with Gasteiger partial charge in [-0.15, -0.1) is 0 Å². The average Bonchev–Trinajstić information content (AvgIpc) is 2.26. The number of hydrogen-bond acceptors (Lipinski definition) is 4. The van der Waals surface area contributed by atoms with Crippen LogP contribution < -0.4 is 10.5 Å². The highest BCUT2D eigenvalue weighted by molar-refractivity contribution is 5.96. The molecule has 1 rings (SSSR count). The van der Waals surface area contributed by atoms with Gasteiger partial charge < -0.3 is 15.4 Å². The summed E-state index contributed by atoms with van der Waals surface area (Å²) in [4.78, 5) is 17.4. The first-order valence-electron chi connectivity index (χ1n) is 4.65. The summed E-state index contributed by atoms with van der Waals surface area (Å²) in [5, 5.41) is 0. The van der Waals surface area contributed by atoms with Gasteiger partial charge in [-0.2, -0.15) is 0 Å². The highest BCUT2D eigenvalue weighted by Crippen LogP contribution is 2.24. The van der Waals surface area contributed by atoms with Gasteiger partial charge in [-0.1, -0.05) is 0 Å². The third-order valence-corrected chi connectivity index (χ3v) is 2.16. The first-order chi connectivity index (χ1) is 7.11. The van der Waals surface area contributed by atoms with Gasteiger partial charge in [0.1, 0.15) is 0 Å². The molecule has 0 spiro atoms. The summed E-state index contributed by atoms with van der Waals surface area (Å²) < 4.78 is 5.06. The van der Waals surface area contributed by atoms with Crippen LogP contribution in [0.5, 0.6) is 5.75 Å². The Morgan fingerprint density at radius 3 is 2.87 bits per heavy atom. The first-order valence-corrected chi connectivity index (χ1v) is 4.65. The first kappa shape index (κ1) is 11.3. The topological polar surface area (TPSA) is 68.5 Å². The van der Waals surface area contributed by atoms with Gasteiger partial charge in [-0.25, -0.2) is 4.98 Å². The van der Waals surface area contributed by atoms with Crippen LogP contribution >= 0.6 is 0 Å². The van der Waals surface area contributed by atoms with Gasteiger partial charge in [0, 0.05) is 19.8 Å². The molecule has 15 heavy (non-hydrogen) atoms. The molecule has 0 saturated heterocycles. The van der Waals surface area contributed by atoms with E-state index in [0.29, 0.717) is 18.0 Å². The quantitative estimate of drug-likeness (QED) is 0.798. The van der Waals surface area contributed by atoms with Crippen molar-refractivity contribution in [2.24, 2.45) is 0 Å². The smallest absolute Gasteiger partial charge is 0.276 e. The van der Waals surface area contributed by atoms with E-state index in [4.69, 9.17) is 10.5 Å². The zero-order valence-electron chi connectivity index (χ0n) is 9.15. The Kier molecular flexibility index (Phi) is 3.49. The van der Waals surface area contributed by atoms with Crippen molar-refractivity contribution in [3.8, 4) is 5.75 Å². The van der Waals surface area contributed by atoms with Crippen molar-refractivity contribution in [1.82, 2.24) is 9.88 Å². The molecular weight excluding hydrogens is 194 g/mol. The number of rotatable bonds is 3. The largest absolute Gasteiger partial charge is 0.492 e. The fourth-order valence-corrected chi connectivity index (χ4v) is 1.15. The summed E-state index contributed by atoms with van der Waals surface area (Å²) in [7, 11) is 3.17. The molecule has 0 aromatic carbocycles. The second-order valence-electron chi connectivity index (χ2n) is 3.10. The lowest BCUT2D eigenvalue weighted by molar-refractivity contribution is 0.0793. The van der Waals surface area contributed by atoms with Crippen LogP contribution in [0, 0.1) is 0 Å². The maximum absolute atomic E-state index is 11.8. The number of carbonyl (C=O) groups is 1. The molecule has 0 atom stereocenters. The number of methoxy groups -OCH3 is 1. The molecule has 0 radical (unpaired) electrons. The predicted octanol–water partition coefficient (Wildman–Crippen LogP) is 0.764. The monoisotopic (exact) mass is 209 g/mol. The summed E-state index contributed by atoms with van der Waals surface area (Å²) in [6.07, 6.45) is 1.49. The molecule has 0 saturated carbocycles. The van der Waals surface area contributed by atoms with Gasteiger partial charge in [0.25, 0.3) is 5.91 Å². The Morgan fingerprint density at radius 1 is 1.67 bits per heavy atom. The van der Waals surface area contributed by atoms with Gasteiger partial charge in [0.15, 0.2) is 11.4 Å². The Bertz CT molecular complexity index is 366. The molecule has 0 unspecified atom stereocenters. The molecule has 0 aliphatic carbocycles. The Morgan fingerprint density at radius 2 is 2.33 bits per heavy atom. The molecule has 0 fully saturated rings. The SMILES string of the molecule is CCN(C)C(=O)c1nccc(N)c1OC. The van der Waals surface area contributed by atoms with E-state index >= 15 is 0 Å². The molecule has 1 aromatic rings. The van der Waals surface area contributed by atoms with E-state index < -0.39 is 0 Å². The average molecular weight is 209 g/mol. The minimum absolute atomic E-state index is 0.193. The molecule has 82 valence electrons. The fourth-order valence-electron chi connectivity index (χ4n) is 1.15. The number of nitrogens with two attached hydrogens (primary N) is 1. The van der Waals surface area contributed by atoms with Crippen molar-refractivity contribution in [3.63, 3.8) is 0 Å². The minimum atomic E-state index is -0.193. The molecule has 1 amide bonds. The van der Waals surface area contributed by atoms with Crippen molar-refractivity contribution < 1.29 is 9.53 Å². The maximum atomic E-state index is 11.8. The lowest BCUT2D eigenvalue weighted by Crippen LogP contribution is -2.27. The van der Waals surface area contributed by atoms with E-state index in [1.807, 2.05) is 6.92 Å². The van der Waals surface area contributed by atoms with E-state index in [1.54, 1.807) is 18.0 Å². The molecule has 1 aromatic heterocycles. The second-order valence-corrected chi connectivity index (χ2v) is 3.10. The molecule has 0 aliphatic rings. The molecule has 0 aliphatic heterocycles. The number of anilines is 1. The van der Waals surface area contributed by atoms with Gasteiger partial charge in [0.05, 0.1) is 12.8 Å². The molecule has 1 heterocycles. The molecule has 5 heteroatoms. The molecule has 0 bridgehead atoms. The van der Waals surface area contributed by atoms with Crippen molar-refractivity contribution >= 4 is 11.6 Å². The third-order valence-electron chi connectivity index (χ3n) is 2.16. The van der Waals surface area contributed by atoms with Gasteiger partial charge in [0.2, 0.25) is 0 Å². The highest BCUT2D eigenvalue weighted by Gasteiger charge is 2.18. The van der Waals surface area contributed by atoms with Crippen molar-refractivity contribution in [2.75, 3.05) is 26.4 Å². The van der Waals surface area contributed by atoms with E-state index in [9.17, 15) is 4.79 Å². The maximum Gasteiger partial charge on any atom is 0.276 e. The summed E-state index contributed by atoms with van der Waals surface area (Å²) in [6.45, 7) is 2.50. The van der Waals surface area contributed by atoms with Crippen LogP contribution in [0.1, 0.15) is 17.4 Å². The minimum Gasteiger partial charge on any atom is -0.492 e. The van der Waals surface area contributed by atoms with Gasteiger partial charge in [-0.3, -0.25) is 4.79 Å². The highest BCUT2D eigenvalue weighted by atomic mass is 16.5. The number of nitrogens with zero attached hydrogens (tertiary/aromatic N) is 2. The Hall–Kier alpha value is -1.78. The van der Waals surface area contributed by atoms with Gasteiger partial charge in [-0.05, 0) is 13.0 Å². The number of nitrogen functional groups attached to an aromatic ring is 1. The Labute approximate surface area is 88.9 Å².